The van der Waals surface area contributed by atoms with Crippen LogP contribution in [0.1, 0.15) is 29.3 Å². The van der Waals surface area contributed by atoms with Crippen LogP contribution in [0.4, 0.5) is 11.4 Å². The fourth-order valence-corrected chi connectivity index (χ4v) is 2.56. The number of hydrogen-bond donors (Lipinski definition) is 1. The summed E-state index contributed by atoms with van der Waals surface area (Å²) in [5.41, 5.74) is 3.27. The van der Waals surface area contributed by atoms with Crippen molar-refractivity contribution in [3.63, 3.8) is 0 Å². The Bertz CT molecular complexity index is 713. The second-order valence-electron chi connectivity index (χ2n) is 5.19. The normalized spacial score (nSPS) is 12.9. The first-order chi connectivity index (χ1) is 10.7. The molecule has 112 valence electrons. The summed E-state index contributed by atoms with van der Waals surface area (Å²) < 4.78 is 0. The Morgan fingerprint density at radius 2 is 2.18 bits per heavy atom. The van der Waals surface area contributed by atoms with E-state index in [9.17, 15) is 9.59 Å². The average Bonchev–Trinajstić information content (AvgIpc) is 2.98. The standard InChI is InChI=1S/C17H17N3O2/c1-2-16(21)19-14-6-5-12-7-9-20(15(12)10-14)17(22)13-4-3-8-18-11-13/h3-6,8,10-11H,2,7,9H2,1H3,(H,19,21). The maximum absolute atomic E-state index is 12.6. The molecule has 1 N–H and O–H groups in total. The predicted octanol–water partition coefficient (Wildman–Crippen LogP) is 2.63. The third-order valence-electron chi connectivity index (χ3n) is 3.74. The SMILES string of the molecule is CCC(=O)Nc1ccc2c(c1)N(C(=O)c1cccnc1)CC2. The number of carbonyl (C=O) groups excluding carboxylic acids is 2. The molecule has 0 unspecified atom stereocenters. The highest BCUT2D eigenvalue weighted by atomic mass is 16.2. The second-order valence-corrected chi connectivity index (χ2v) is 5.19. The van der Waals surface area contributed by atoms with Crippen LogP contribution in [0.25, 0.3) is 0 Å². The van der Waals surface area contributed by atoms with E-state index in [1.54, 1.807) is 36.4 Å². The molecule has 0 saturated heterocycles. The van der Waals surface area contributed by atoms with Crippen LogP contribution in [0.15, 0.2) is 42.7 Å². The van der Waals surface area contributed by atoms with Gasteiger partial charge >= 0.3 is 0 Å². The molecule has 0 fully saturated rings. The number of pyridine rings is 1. The number of aromatic nitrogens is 1. The number of carbonyl (C=O) groups is 2. The maximum Gasteiger partial charge on any atom is 0.259 e. The Labute approximate surface area is 129 Å². The molecule has 0 atom stereocenters. The highest BCUT2D eigenvalue weighted by molar-refractivity contribution is 6.07. The van der Waals surface area contributed by atoms with E-state index in [4.69, 9.17) is 0 Å². The molecule has 1 aromatic heterocycles. The van der Waals surface area contributed by atoms with Gasteiger partial charge in [0.05, 0.1) is 5.56 Å². The lowest BCUT2D eigenvalue weighted by atomic mass is 10.1. The second kappa shape index (κ2) is 5.97. The highest BCUT2D eigenvalue weighted by Gasteiger charge is 2.26. The van der Waals surface area contributed by atoms with Gasteiger partial charge in [-0.25, -0.2) is 0 Å². The lowest BCUT2D eigenvalue weighted by molar-refractivity contribution is -0.115. The van der Waals surface area contributed by atoms with Gasteiger partial charge in [0.15, 0.2) is 0 Å². The summed E-state index contributed by atoms with van der Waals surface area (Å²) in [4.78, 5) is 29.9. The first-order valence-corrected chi connectivity index (χ1v) is 7.33. The molecule has 1 aliphatic rings. The minimum Gasteiger partial charge on any atom is -0.326 e. The zero-order valence-electron chi connectivity index (χ0n) is 12.4. The van der Waals surface area contributed by atoms with Crippen molar-refractivity contribution in [3.8, 4) is 0 Å². The van der Waals surface area contributed by atoms with Crippen LogP contribution in [-0.4, -0.2) is 23.3 Å². The maximum atomic E-state index is 12.6. The van der Waals surface area contributed by atoms with Crippen molar-refractivity contribution in [2.75, 3.05) is 16.8 Å². The summed E-state index contributed by atoms with van der Waals surface area (Å²) >= 11 is 0. The number of hydrogen-bond acceptors (Lipinski definition) is 3. The monoisotopic (exact) mass is 295 g/mol. The number of rotatable bonds is 3. The number of nitrogens with zero attached hydrogens (tertiary/aromatic N) is 2. The topological polar surface area (TPSA) is 62.3 Å². The van der Waals surface area contributed by atoms with E-state index in [1.807, 2.05) is 18.2 Å². The van der Waals surface area contributed by atoms with Crippen LogP contribution in [0.3, 0.4) is 0 Å². The lowest BCUT2D eigenvalue weighted by Gasteiger charge is -2.18. The van der Waals surface area contributed by atoms with Gasteiger partial charge in [-0.15, -0.1) is 0 Å². The number of benzene rings is 1. The third kappa shape index (κ3) is 2.70. The van der Waals surface area contributed by atoms with Crippen molar-refractivity contribution >= 4 is 23.2 Å². The van der Waals surface area contributed by atoms with E-state index in [1.165, 1.54) is 0 Å². The van der Waals surface area contributed by atoms with Gasteiger partial charge in [-0.3, -0.25) is 14.6 Å². The van der Waals surface area contributed by atoms with Crippen LogP contribution in [-0.2, 0) is 11.2 Å². The molecule has 2 heterocycles. The van der Waals surface area contributed by atoms with Gasteiger partial charge < -0.3 is 10.2 Å². The highest BCUT2D eigenvalue weighted by Crippen LogP contribution is 2.32. The molecular weight excluding hydrogens is 278 g/mol. The quantitative estimate of drug-likeness (QED) is 0.947. The van der Waals surface area contributed by atoms with Gasteiger partial charge in [0, 0.05) is 36.7 Å². The van der Waals surface area contributed by atoms with Gasteiger partial charge in [0.25, 0.3) is 5.91 Å². The number of anilines is 2. The van der Waals surface area contributed by atoms with Crippen LogP contribution < -0.4 is 10.2 Å². The van der Waals surface area contributed by atoms with Crippen LogP contribution in [0, 0.1) is 0 Å². The molecule has 2 amide bonds. The number of amides is 2. The Balaban J connectivity index is 1.88. The molecule has 5 nitrogen and oxygen atoms in total. The van der Waals surface area contributed by atoms with Gasteiger partial charge in [-0.2, -0.15) is 0 Å². The molecule has 0 bridgehead atoms. The molecular formula is C17H17N3O2. The summed E-state index contributed by atoms with van der Waals surface area (Å²) in [5.74, 6) is -0.103. The Morgan fingerprint density at radius 1 is 1.32 bits per heavy atom. The Morgan fingerprint density at radius 3 is 2.91 bits per heavy atom. The third-order valence-corrected chi connectivity index (χ3v) is 3.74. The van der Waals surface area contributed by atoms with Crippen molar-refractivity contribution in [3.05, 3.63) is 53.9 Å². The van der Waals surface area contributed by atoms with E-state index in [0.29, 0.717) is 18.5 Å². The smallest absolute Gasteiger partial charge is 0.259 e. The predicted molar refractivity (Wildman–Crippen MR) is 85.0 cm³/mol. The minimum absolute atomic E-state index is 0.0388. The Kier molecular flexibility index (Phi) is 3.87. The number of fused-ring (bicyclic) bond motifs is 1. The van der Waals surface area contributed by atoms with Crippen molar-refractivity contribution in [2.24, 2.45) is 0 Å². The fourth-order valence-electron chi connectivity index (χ4n) is 2.56. The summed E-state index contributed by atoms with van der Waals surface area (Å²) in [7, 11) is 0. The van der Waals surface area contributed by atoms with E-state index in [0.717, 1.165) is 23.4 Å². The van der Waals surface area contributed by atoms with Crippen LogP contribution >= 0.6 is 0 Å². The fraction of sp³-hybridized carbons (Fsp3) is 0.235. The number of nitrogens with one attached hydrogen (secondary N) is 1. The van der Waals surface area contributed by atoms with E-state index in [2.05, 4.69) is 10.3 Å². The molecule has 0 spiro atoms. The molecule has 0 aliphatic carbocycles. The average molecular weight is 295 g/mol. The molecule has 2 aromatic rings. The van der Waals surface area contributed by atoms with Crippen molar-refractivity contribution in [1.29, 1.82) is 0 Å². The zero-order chi connectivity index (χ0) is 15.5. The van der Waals surface area contributed by atoms with Crippen LogP contribution in [0.5, 0.6) is 0 Å². The van der Waals surface area contributed by atoms with Crippen LogP contribution in [0.2, 0.25) is 0 Å². The van der Waals surface area contributed by atoms with E-state index in [-0.39, 0.29) is 11.8 Å². The van der Waals surface area contributed by atoms with Crippen molar-refractivity contribution < 1.29 is 9.59 Å². The molecule has 0 saturated carbocycles. The molecule has 5 heteroatoms. The van der Waals surface area contributed by atoms with Gasteiger partial charge in [0.1, 0.15) is 0 Å². The molecule has 0 radical (unpaired) electrons. The van der Waals surface area contributed by atoms with E-state index < -0.39 is 0 Å². The molecule has 3 rings (SSSR count). The first-order valence-electron chi connectivity index (χ1n) is 7.33. The van der Waals surface area contributed by atoms with Gasteiger partial charge in [-0.05, 0) is 36.2 Å². The largest absolute Gasteiger partial charge is 0.326 e. The summed E-state index contributed by atoms with van der Waals surface area (Å²) in [6.45, 7) is 2.45. The minimum atomic E-state index is -0.0641. The lowest BCUT2D eigenvalue weighted by Crippen LogP contribution is -2.29. The van der Waals surface area contributed by atoms with Gasteiger partial charge in [0.2, 0.25) is 5.91 Å². The van der Waals surface area contributed by atoms with Gasteiger partial charge in [-0.1, -0.05) is 13.0 Å². The first kappa shape index (κ1) is 14.3. The molecule has 22 heavy (non-hydrogen) atoms. The summed E-state index contributed by atoms with van der Waals surface area (Å²) in [6.07, 6.45) is 4.47. The summed E-state index contributed by atoms with van der Waals surface area (Å²) in [5, 5.41) is 2.83. The zero-order valence-corrected chi connectivity index (χ0v) is 12.4. The van der Waals surface area contributed by atoms with Crippen molar-refractivity contribution in [1.82, 2.24) is 4.98 Å². The van der Waals surface area contributed by atoms with E-state index >= 15 is 0 Å². The van der Waals surface area contributed by atoms with Crippen molar-refractivity contribution in [2.45, 2.75) is 19.8 Å². The molecule has 1 aromatic carbocycles. The summed E-state index contributed by atoms with van der Waals surface area (Å²) in [6, 6.07) is 9.23. The Hall–Kier alpha value is -2.69. The molecule has 1 aliphatic heterocycles.